The molecule has 0 saturated carbocycles. The maximum Gasteiger partial charge on any atom is 0.234 e. The minimum Gasteiger partial charge on any atom is -0.333 e. The summed E-state index contributed by atoms with van der Waals surface area (Å²) in [6.07, 6.45) is 0. The summed E-state index contributed by atoms with van der Waals surface area (Å²) < 4.78 is 13.1. The predicted octanol–water partition coefficient (Wildman–Crippen LogP) is 4.39. The van der Waals surface area contributed by atoms with Crippen molar-refractivity contribution in [1.29, 1.82) is 0 Å². The fourth-order valence-corrected chi connectivity index (χ4v) is 2.94. The molecule has 0 aliphatic rings. The quantitative estimate of drug-likeness (QED) is 0.686. The summed E-state index contributed by atoms with van der Waals surface area (Å²) in [6, 6.07) is 9.99. The number of benzene rings is 2. The number of halogens is 2. The first-order valence-electron chi connectivity index (χ1n) is 6.85. The van der Waals surface area contributed by atoms with Crippen LogP contribution in [0.5, 0.6) is 0 Å². The highest BCUT2D eigenvalue weighted by Crippen LogP contribution is 2.22. The molecule has 0 bridgehead atoms. The van der Waals surface area contributed by atoms with Crippen molar-refractivity contribution >= 4 is 46.0 Å². The molecule has 2 aromatic carbocycles. The average Bonchev–Trinajstić information content (AvgIpc) is 2.91. The molecule has 0 aliphatic carbocycles. The van der Waals surface area contributed by atoms with Gasteiger partial charge in [0.1, 0.15) is 5.82 Å². The van der Waals surface area contributed by atoms with E-state index in [1.807, 2.05) is 25.1 Å². The summed E-state index contributed by atoms with van der Waals surface area (Å²) >= 11 is 6.98. The van der Waals surface area contributed by atoms with Crippen LogP contribution in [0.2, 0.25) is 5.02 Å². The number of amides is 1. The van der Waals surface area contributed by atoms with Gasteiger partial charge in [-0.3, -0.25) is 4.79 Å². The van der Waals surface area contributed by atoms with Crippen molar-refractivity contribution in [2.24, 2.45) is 0 Å². The molecule has 0 aliphatic heterocycles. The van der Waals surface area contributed by atoms with Gasteiger partial charge in [0.2, 0.25) is 5.91 Å². The SMILES string of the molecule is Cc1ccc2nc(SCC(=O)Nc3ccc(F)c(Cl)c3)[nH]c2c1. The summed E-state index contributed by atoms with van der Waals surface area (Å²) in [4.78, 5) is 19.5. The number of fused-ring (bicyclic) bond motifs is 1. The van der Waals surface area contributed by atoms with Gasteiger partial charge >= 0.3 is 0 Å². The Hall–Kier alpha value is -2.05. The molecule has 0 spiro atoms. The van der Waals surface area contributed by atoms with Crippen LogP contribution in [0.25, 0.3) is 11.0 Å². The van der Waals surface area contributed by atoms with E-state index in [0.29, 0.717) is 10.8 Å². The minimum absolute atomic E-state index is 0.0249. The standard InChI is InChI=1S/C16H13ClFN3OS/c1-9-2-5-13-14(6-9)21-16(20-13)23-8-15(22)19-10-3-4-12(18)11(17)7-10/h2-7H,8H2,1H3,(H,19,22)(H,20,21). The predicted molar refractivity (Wildman–Crippen MR) is 91.6 cm³/mol. The van der Waals surface area contributed by atoms with Crippen molar-refractivity contribution in [1.82, 2.24) is 9.97 Å². The van der Waals surface area contributed by atoms with Gasteiger partial charge in [-0.2, -0.15) is 0 Å². The number of aryl methyl sites for hydroxylation is 1. The molecule has 0 saturated heterocycles. The summed E-state index contributed by atoms with van der Waals surface area (Å²) in [6.45, 7) is 2.01. The molecule has 0 unspecified atom stereocenters. The Morgan fingerprint density at radius 3 is 2.96 bits per heavy atom. The van der Waals surface area contributed by atoms with Crippen LogP contribution < -0.4 is 5.32 Å². The number of rotatable bonds is 4. The number of carbonyl (C=O) groups is 1. The lowest BCUT2D eigenvalue weighted by Gasteiger charge is -2.05. The van der Waals surface area contributed by atoms with Gasteiger partial charge < -0.3 is 10.3 Å². The lowest BCUT2D eigenvalue weighted by Crippen LogP contribution is -2.14. The van der Waals surface area contributed by atoms with Crippen molar-refractivity contribution < 1.29 is 9.18 Å². The van der Waals surface area contributed by atoms with Gasteiger partial charge in [0.15, 0.2) is 5.16 Å². The van der Waals surface area contributed by atoms with E-state index in [-0.39, 0.29) is 16.7 Å². The molecule has 1 heterocycles. The summed E-state index contributed by atoms with van der Waals surface area (Å²) in [5, 5.41) is 3.32. The first-order valence-corrected chi connectivity index (χ1v) is 8.22. The second-order valence-electron chi connectivity index (χ2n) is 5.03. The van der Waals surface area contributed by atoms with E-state index >= 15 is 0 Å². The molecule has 3 rings (SSSR count). The van der Waals surface area contributed by atoms with Crippen LogP contribution in [0.1, 0.15) is 5.56 Å². The highest BCUT2D eigenvalue weighted by molar-refractivity contribution is 7.99. The number of thioether (sulfide) groups is 1. The van der Waals surface area contributed by atoms with Crippen LogP contribution in [0.3, 0.4) is 0 Å². The number of nitrogens with zero attached hydrogens (tertiary/aromatic N) is 1. The number of hydrogen-bond donors (Lipinski definition) is 2. The second kappa shape index (κ2) is 6.60. The molecular weight excluding hydrogens is 337 g/mol. The Morgan fingerprint density at radius 2 is 2.17 bits per heavy atom. The third-order valence-electron chi connectivity index (χ3n) is 3.16. The van der Waals surface area contributed by atoms with Crippen molar-refractivity contribution in [3.05, 3.63) is 52.8 Å². The fraction of sp³-hybridized carbons (Fsp3) is 0.125. The topological polar surface area (TPSA) is 57.8 Å². The summed E-state index contributed by atoms with van der Waals surface area (Å²) in [5.74, 6) is -0.542. The smallest absolute Gasteiger partial charge is 0.234 e. The normalized spacial score (nSPS) is 10.9. The van der Waals surface area contributed by atoms with E-state index < -0.39 is 5.82 Å². The molecule has 0 radical (unpaired) electrons. The zero-order valence-corrected chi connectivity index (χ0v) is 13.8. The number of carbonyl (C=O) groups excluding carboxylic acids is 1. The Morgan fingerprint density at radius 1 is 1.35 bits per heavy atom. The molecule has 4 nitrogen and oxygen atoms in total. The monoisotopic (exact) mass is 349 g/mol. The Labute approximate surface area is 141 Å². The number of imidazole rings is 1. The van der Waals surface area contributed by atoms with Crippen LogP contribution in [0, 0.1) is 12.7 Å². The van der Waals surface area contributed by atoms with Gasteiger partial charge in [0.05, 0.1) is 21.8 Å². The van der Waals surface area contributed by atoms with E-state index in [1.165, 1.54) is 30.0 Å². The van der Waals surface area contributed by atoms with Crippen molar-refractivity contribution in [2.45, 2.75) is 12.1 Å². The highest BCUT2D eigenvalue weighted by Gasteiger charge is 2.09. The van der Waals surface area contributed by atoms with E-state index in [9.17, 15) is 9.18 Å². The van der Waals surface area contributed by atoms with Gasteiger partial charge in [-0.25, -0.2) is 9.37 Å². The van der Waals surface area contributed by atoms with E-state index in [2.05, 4.69) is 15.3 Å². The van der Waals surface area contributed by atoms with Gasteiger partial charge in [0.25, 0.3) is 0 Å². The summed E-state index contributed by atoms with van der Waals surface area (Å²) in [7, 11) is 0. The zero-order valence-electron chi connectivity index (χ0n) is 12.2. The lowest BCUT2D eigenvalue weighted by molar-refractivity contribution is -0.113. The molecular formula is C16H13ClFN3OS. The first-order chi connectivity index (χ1) is 11.0. The van der Waals surface area contributed by atoms with E-state index in [0.717, 1.165) is 16.6 Å². The van der Waals surface area contributed by atoms with E-state index in [1.54, 1.807) is 0 Å². The summed E-state index contributed by atoms with van der Waals surface area (Å²) in [5.41, 5.74) is 3.41. The molecule has 7 heteroatoms. The third kappa shape index (κ3) is 3.83. The number of aromatic nitrogens is 2. The minimum atomic E-state index is -0.517. The highest BCUT2D eigenvalue weighted by atomic mass is 35.5. The Bertz CT molecular complexity index is 881. The van der Waals surface area contributed by atoms with Crippen molar-refractivity contribution in [3.8, 4) is 0 Å². The van der Waals surface area contributed by atoms with Crippen LogP contribution in [-0.4, -0.2) is 21.6 Å². The molecule has 23 heavy (non-hydrogen) atoms. The molecule has 0 fully saturated rings. The van der Waals surface area contributed by atoms with Gasteiger partial charge in [-0.05, 0) is 42.8 Å². The van der Waals surface area contributed by atoms with Crippen LogP contribution in [0.15, 0.2) is 41.6 Å². The average molecular weight is 350 g/mol. The lowest BCUT2D eigenvalue weighted by atomic mass is 10.2. The van der Waals surface area contributed by atoms with Gasteiger partial charge in [0, 0.05) is 5.69 Å². The molecule has 0 atom stereocenters. The van der Waals surface area contributed by atoms with Gasteiger partial charge in [-0.1, -0.05) is 29.4 Å². The number of H-pyrrole nitrogens is 1. The largest absolute Gasteiger partial charge is 0.333 e. The molecule has 118 valence electrons. The fourth-order valence-electron chi connectivity index (χ4n) is 2.07. The van der Waals surface area contributed by atoms with Crippen LogP contribution in [0.4, 0.5) is 10.1 Å². The number of anilines is 1. The maximum atomic E-state index is 13.1. The van der Waals surface area contributed by atoms with Crippen molar-refractivity contribution in [3.63, 3.8) is 0 Å². The number of aromatic amines is 1. The van der Waals surface area contributed by atoms with Crippen LogP contribution >= 0.6 is 23.4 Å². The molecule has 2 N–H and O–H groups in total. The number of nitrogens with one attached hydrogen (secondary N) is 2. The Kier molecular flexibility index (Phi) is 4.54. The molecule has 1 aromatic heterocycles. The van der Waals surface area contributed by atoms with E-state index in [4.69, 9.17) is 11.6 Å². The first kappa shape index (κ1) is 15.8. The molecule has 1 amide bonds. The maximum absolute atomic E-state index is 13.1. The van der Waals surface area contributed by atoms with Crippen molar-refractivity contribution in [2.75, 3.05) is 11.1 Å². The van der Waals surface area contributed by atoms with Crippen LogP contribution in [-0.2, 0) is 4.79 Å². The zero-order chi connectivity index (χ0) is 16.4. The Balaban J connectivity index is 1.62. The second-order valence-corrected chi connectivity index (χ2v) is 6.40. The third-order valence-corrected chi connectivity index (χ3v) is 4.32. The molecule has 3 aromatic rings. The van der Waals surface area contributed by atoms with Gasteiger partial charge in [-0.15, -0.1) is 0 Å². The number of hydrogen-bond acceptors (Lipinski definition) is 3.